The van der Waals surface area contributed by atoms with Crippen LogP contribution in [-0.4, -0.2) is 17.3 Å². The average Bonchev–Trinajstić information content (AvgIpc) is 2.80. The summed E-state index contributed by atoms with van der Waals surface area (Å²) in [7, 11) is 0. The van der Waals surface area contributed by atoms with Gasteiger partial charge in [0, 0.05) is 6.61 Å². The molecule has 1 saturated carbocycles. The van der Waals surface area contributed by atoms with E-state index in [0.717, 1.165) is 31.2 Å². The van der Waals surface area contributed by atoms with Crippen molar-refractivity contribution in [2.75, 3.05) is 6.61 Å². The molecule has 1 unspecified atom stereocenters. The fourth-order valence-corrected chi connectivity index (χ4v) is 2.70. The van der Waals surface area contributed by atoms with Crippen LogP contribution in [0.1, 0.15) is 44.3 Å². The van der Waals surface area contributed by atoms with E-state index in [1.165, 1.54) is 0 Å². The Morgan fingerprint density at radius 2 is 1.88 bits per heavy atom. The monoisotopic (exact) mass is 220 g/mol. The topological polar surface area (TPSA) is 29.5 Å². The normalized spacial score (nSPS) is 20.9. The highest BCUT2D eigenvalue weighted by atomic mass is 16.5. The summed E-state index contributed by atoms with van der Waals surface area (Å²) in [5.74, 6) is 0. The second-order valence-corrected chi connectivity index (χ2v) is 4.52. The van der Waals surface area contributed by atoms with Gasteiger partial charge in [0.05, 0.1) is 5.60 Å². The second-order valence-electron chi connectivity index (χ2n) is 4.52. The van der Waals surface area contributed by atoms with Crippen LogP contribution in [0.25, 0.3) is 0 Å². The Kier molecular flexibility index (Phi) is 3.62. The maximum absolute atomic E-state index is 10.5. The zero-order valence-electron chi connectivity index (χ0n) is 9.86. The molecule has 0 saturated heterocycles. The maximum atomic E-state index is 10.5. The number of ether oxygens (including phenoxy) is 1. The van der Waals surface area contributed by atoms with Crippen molar-refractivity contribution in [1.29, 1.82) is 0 Å². The molecule has 0 radical (unpaired) electrons. The van der Waals surface area contributed by atoms with Crippen LogP contribution < -0.4 is 0 Å². The van der Waals surface area contributed by atoms with E-state index in [0.29, 0.717) is 6.61 Å². The van der Waals surface area contributed by atoms with Crippen molar-refractivity contribution in [3.05, 3.63) is 35.9 Å². The van der Waals surface area contributed by atoms with Gasteiger partial charge in [-0.15, -0.1) is 0 Å². The van der Waals surface area contributed by atoms with Crippen LogP contribution in [0.15, 0.2) is 30.3 Å². The molecular formula is C14H20O2. The number of rotatable bonds is 4. The van der Waals surface area contributed by atoms with Gasteiger partial charge in [-0.3, -0.25) is 0 Å². The minimum absolute atomic E-state index is 0.337. The molecule has 0 spiro atoms. The highest BCUT2D eigenvalue weighted by Crippen LogP contribution is 2.42. The smallest absolute Gasteiger partial charge is 0.108 e. The third-order valence-electron chi connectivity index (χ3n) is 3.50. The highest BCUT2D eigenvalue weighted by molar-refractivity contribution is 5.21. The van der Waals surface area contributed by atoms with Gasteiger partial charge in [-0.05, 0) is 25.3 Å². The summed E-state index contributed by atoms with van der Waals surface area (Å²) in [4.78, 5) is 0. The molecule has 0 heterocycles. The number of aliphatic hydroxyl groups excluding tert-OH is 1. The lowest BCUT2D eigenvalue weighted by atomic mass is 9.89. The molecule has 2 rings (SSSR count). The summed E-state index contributed by atoms with van der Waals surface area (Å²) in [6.45, 7) is 2.67. The third kappa shape index (κ3) is 2.13. The molecule has 2 nitrogen and oxygen atoms in total. The summed E-state index contributed by atoms with van der Waals surface area (Å²) in [6.07, 6.45) is 3.76. The Morgan fingerprint density at radius 1 is 1.25 bits per heavy atom. The first-order chi connectivity index (χ1) is 7.78. The number of hydrogen-bond donors (Lipinski definition) is 1. The molecule has 0 amide bonds. The quantitative estimate of drug-likeness (QED) is 0.845. The molecule has 1 aliphatic carbocycles. The van der Waals surface area contributed by atoms with Crippen molar-refractivity contribution in [2.24, 2.45) is 0 Å². The van der Waals surface area contributed by atoms with E-state index in [4.69, 9.17) is 4.74 Å². The summed E-state index contributed by atoms with van der Waals surface area (Å²) >= 11 is 0. The Labute approximate surface area is 97.3 Å². The molecule has 16 heavy (non-hydrogen) atoms. The zero-order chi connectivity index (χ0) is 11.4. The zero-order valence-corrected chi connectivity index (χ0v) is 9.86. The van der Waals surface area contributed by atoms with Crippen LogP contribution in [0, 0.1) is 0 Å². The van der Waals surface area contributed by atoms with Gasteiger partial charge in [0.25, 0.3) is 0 Å². The first-order valence-corrected chi connectivity index (χ1v) is 6.15. The minimum Gasteiger partial charge on any atom is -0.385 e. The fourth-order valence-electron chi connectivity index (χ4n) is 2.70. The van der Waals surface area contributed by atoms with Gasteiger partial charge in [-0.2, -0.15) is 0 Å². The molecule has 88 valence electrons. The van der Waals surface area contributed by atoms with Gasteiger partial charge in [0.15, 0.2) is 0 Å². The first-order valence-electron chi connectivity index (χ1n) is 6.15. The predicted octanol–water partition coefficient (Wildman–Crippen LogP) is 3.07. The van der Waals surface area contributed by atoms with E-state index in [1.807, 2.05) is 37.3 Å². The minimum atomic E-state index is -0.490. The van der Waals surface area contributed by atoms with Gasteiger partial charge in [-0.25, -0.2) is 0 Å². The van der Waals surface area contributed by atoms with E-state index in [9.17, 15) is 5.11 Å². The highest BCUT2D eigenvalue weighted by Gasteiger charge is 2.41. The summed E-state index contributed by atoms with van der Waals surface area (Å²) in [5, 5.41) is 10.5. The molecule has 1 fully saturated rings. The lowest BCUT2D eigenvalue weighted by Crippen LogP contribution is -2.36. The van der Waals surface area contributed by atoms with Gasteiger partial charge in [0.2, 0.25) is 0 Å². The standard InChI is InChI=1S/C14H20O2/c1-2-16-14(10-6-7-11-14)13(15)12-8-4-3-5-9-12/h3-5,8-9,13,15H,2,6-7,10-11H2,1H3. The molecule has 1 N–H and O–H groups in total. The SMILES string of the molecule is CCOC1(C(O)c2ccccc2)CCCC1. The van der Waals surface area contributed by atoms with E-state index in [-0.39, 0.29) is 5.60 Å². The van der Waals surface area contributed by atoms with E-state index >= 15 is 0 Å². The average molecular weight is 220 g/mol. The lowest BCUT2D eigenvalue weighted by Gasteiger charge is -2.34. The predicted molar refractivity (Wildman–Crippen MR) is 64.2 cm³/mol. The van der Waals surface area contributed by atoms with E-state index in [1.54, 1.807) is 0 Å². The summed E-state index contributed by atoms with van der Waals surface area (Å²) in [6, 6.07) is 9.85. The summed E-state index contributed by atoms with van der Waals surface area (Å²) < 4.78 is 5.86. The van der Waals surface area contributed by atoms with Crippen molar-refractivity contribution < 1.29 is 9.84 Å². The molecule has 0 bridgehead atoms. The maximum Gasteiger partial charge on any atom is 0.108 e. The van der Waals surface area contributed by atoms with E-state index < -0.39 is 6.10 Å². The van der Waals surface area contributed by atoms with Gasteiger partial charge < -0.3 is 9.84 Å². The molecule has 1 aliphatic rings. The molecular weight excluding hydrogens is 200 g/mol. The lowest BCUT2D eigenvalue weighted by molar-refractivity contribution is -0.118. The second kappa shape index (κ2) is 4.98. The van der Waals surface area contributed by atoms with E-state index in [2.05, 4.69) is 0 Å². The number of benzene rings is 1. The molecule has 1 atom stereocenters. The number of aliphatic hydroxyl groups is 1. The van der Waals surface area contributed by atoms with Gasteiger partial charge in [-0.1, -0.05) is 43.2 Å². The van der Waals surface area contributed by atoms with Crippen LogP contribution in [0.4, 0.5) is 0 Å². The fraction of sp³-hybridized carbons (Fsp3) is 0.571. The van der Waals surface area contributed by atoms with Crippen molar-refractivity contribution in [2.45, 2.75) is 44.3 Å². The van der Waals surface area contributed by atoms with Gasteiger partial charge in [0.1, 0.15) is 6.10 Å². The van der Waals surface area contributed by atoms with Crippen LogP contribution in [0.5, 0.6) is 0 Å². The van der Waals surface area contributed by atoms with Crippen molar-refractivity contribution in [1.82, 2.24) is 0 Å². The van der Waals surface area contributed by atoms with Crippen molar-refractivity contribution in [3.63, 3.8) is 0 Å². The Balaban J connectivity index is 2.20. The van der Waals surface area contributed by atoms with Crippen LogP contribution in [0.3, 0.4) is 0 Å². The third-order valence-corrected chi connectivity index (χ3v) is 3.50. The van der Waals surface area contributed by atoms with Gasteiger partial charge >= 0.3 is 0 Å². The molecule has 1 aromatic carbocycles. The first kappa shape index (κ1) is 11.6. The molecule has 1 aromatic rings. The molecule has 2 heteroatoms. The Hall–Kier alpha value is -0.860. The van der Waals surface area contributed by atoms with Crippen molar-refractivity contribution in [3.8, 4) is 0 Å². The molecule has 0 aromatic heterocycles. The van der Waals surface area contributed by atoms with Crippen molar-refractivity contribution >= 4 is 0 Å². The Bertz CT molecular complexity index is 315. The van der Waals surface area contributed by atoms with Crippen LogP contribution >= 0.6 is 0 Å². The van der Waals surface area contributed by atoms with Crippen LogP contribution in [-0.2, 0) is 4.74 Å². The summed E-state index contributed by atoms with van der Waals surface area (Å²) in [5.41, 5.74) is 0.633. The van der Waals surface area contributed by atoms with Crippen LogP contribution in [0.2, 0.25) is 0 Å². The molecule has 0 aliphatic heterocycles. The Morgan fingerprint density at radius 3 is 2.44 bits per heavy atom. The number of hydrogen-bond acceptors (Lipinski definition) is 2. The largest absolute Gasteiger partial charge is 0.385 e.